The van der Waals surface area contributed by atoms with Crippen LogP contribution in [0.5, 0.6) is 0 Å². The van der Waals surface area contributed by atoms with Crippen LogP contribution in [0.3, 0.4) is 0 Å². The van der Waals surface area contributed by atoms with Crippen molar-refractivity contribution in [2.24, 2.45) is 10.9 Å². The standard InChI is InChI=1S/C10H14FN3O3S/c1-6-5-8(11)3-4-9(6)18(16,17)14-7(2)10(12)13-15/h3-5,7,14-15H,1-2H3,(H2,12,13). The predicted molar refractivity (Wildman–Crippen MR) is 64.3 cm³/mol. The molecule has 4 N–H and O–H groups in total. The van der Waals surface area contributed by atoms with Gasteiger partial charge in [0, 0.05) is 0 Å². The van der Waals surface area contributed by atoms with Crippen LogP contribution in [0.4, 0.5) is 4.39 Å². The lowest BCUT2D eigenvalue weighted by atomic mass is 10.2. The maximum Gasteiger partial charge on any atom is 0.241 e. The van der Waals surface area contributed by atoms with Gasteiger partial charge in [-0.1, -0.05) is 5.16 Å². The molecule has 8 heteroatoms. The Hall–Kier alpha value is -1.67. The van der Waals surface area contributed by atoms with E-state index in [4.69, 9.17) is 10.9 Å². The second-order valence-electron chi connectivity index (χ2n) is 3.78. The van der Waals surface area contributed by atoms with E-state index >= 15 is 0 Å². The highest BCUT2D eigenvalue weighted by molar-refractivity contribution is 7.89. The number of oxime groups is 1. The van der Waals surface area contributed by atoms with E-state index in [1.54, 1.807) is 0 Å². The van der Waals surface area contributed by atoms with Gasteiger partial charge in [0.1, 0.15) is 5.82 Å². The summed E-state index contributed by atoms with van der Waals surface area (Å²) in [6.45, 7) is 2.90. The van der Waals surface area contributed by atoms with Crippen LogP contribution in [0.1, 0.15) is 12.5 Å². The minimum atomic E-state index is -3.85. The molecule has 0 radical (unpaired) electrons. The zero-order chi connectivity index (χ0) is 13.9. The SMILES string of the molecule is Cc1cc(F)ccc1S(=O)(=O)NC(C)/C(N)=N/O. The van der Waals surface area contributed by atoms with Crippen molar-refractivity contribution in [1.82, 2.24) is 4.72 Å². The lowest BCUT2D eigenvalue weighted by Gasteiger charge is -2.14. The molecule has 0 bridgehead atoms. The van der Waals surface area contributed by atoms with E-state index in [-0.39, 0.29) is 16.3 Å². The lowest BCUT2D eigenvalue weighted by molar-refractivity contribution is 0.316. The van der Waals surface area contributed by atoms with Gasteiger partial charge in [0.25, 0.3) is 0 Å². The maximum atomic E-state index is 12.9. The van der Waals surface area contributed by atoms with E-state index in [0.717, 1.165) is 18.2 Å². The van der Waals surface area contributed by atoms with E-state index in [0.29, 0.717) is 0 Å². The number of nitrogens with one attached hydrogen (secondary N) is 1. The Morgan fingerprint density at radius 2 is 2.17 bits per heavy atom. The third-order valence-electron chi connectivity index (χ3n) is 2.32. The lowest BCUT2D eigenvalue weighted by Crippen LogP contribution is -2.42. The molecule has 1 aromatic rings. The normalized spacial score (nSPS) is 14.5. The molecule has 100 valence electrons. The first-order chi connectivity index (χ1) is 8.27. The fourth-order valence-corrected chi connectivity index (χ4v) is 2.80. The Morgan fingerprint density at radius 1 is 1.56 bits per heavy atom. The number of benzene rings is 1. The van der Waals surface area contributed by atoms with Gasteiger partial charge in [0.15, 0.2) is 5.84 Å². The average Bonchev–Trinajstić information content (AvgIpc) is 2.26. The first kappa shape index (κ1) is 14.4. The molecule has 18 heavy (non-hydrogen) atoms. The Bertz CT molecular complexity index is 572. The fraction of sp³-hybridized carbons (Fsp3) is 0.300. The third-order valence-corrected chi connectivity index (χ3v) is 4.02. The zero-order valence-electron chi connectivity index (χ0n) is 9.88. The molecule has 0 fully saturated rings. The van der Waals surface area contributed by atoms with E-state index in [1.807, 2.05) is 0 Å². The third kappa shape index (κ3) is 3.17. The number of aryl methyl sites for hydroxylation is 1. The summed E-state index contributed by atoms with van der Waals surface area (Å²) in [6, 6.07) is 2.45. The van der Waals surface area contributed by atoms with E-state index in [9.17, 15) is 12.8 Å². The molecule has 0 heterocycles. The summed E-state index contributed by atoms with van der Waals surface area (Å²) in [5.74, 6) is -0.783. The van der Waals surface area contributed by atoms with Gasteiger partial charge in [-0.05, 0) is 37.6 Å². The van der Waals surface area contributed by atoms with Crippen LogP contribution in [0.25, 0.3) is 0 Å². The van der Waals surface area contributed by atoms with Gasteiger partial charge in [0.05, 0.1) is 10.9 Å². The van der Waals surface area contributed by atoms with Crippen LogP contribution in [-0.4, -0.2) is 25.5 Å². The number of amidine groups is 1. The van der Waals surface area contributed by atoms with Gasteiger partial charge in [0.2, 0.25) is 10.0 Å². The molecule has 1 unspecified atom stereocenters. The number of nitrogens with zero attached hydrogens (tertiary/aromatic N) is 1. The van der Waals surface area contributed by atoms with Gasteiger partial charge in [-0.15, -0.1) is 0 Å². The van der Waals surface area contributed by atoms with Crippen LogP contribution < -0.4 is 10.5 Å². The summed E-state index contributed by atoms with van der Waals surface area (Å²) < 4.78 is 39.0. The molecule has 0 saturated heterocycles. The number of hydrogen-bond acceptors (Lipinski definition) is 4. The maximum absolute atomic E-state index is 12.9. The van der Waals surface area contributed by atoms with Crippen molar-refractivity contribution >= 4 is 15.9 Å². The molecule has 0 spiro atoms. The quantitative estimate of drug-likeness (QED) is 0.323. The largest absolute Gasteiger partial charge is 0.409 e. The van der Waals surface area contributed by atoms with Crippen molar-refractivity contribution in [2.45, 2.75) is 24.8 Å². The molecule has 1 atom stereocenters. The topological polar surface area (TPSA) is 105 Å². The second-order valence-corrected chi connectivity index (χ2v) is 5.46. The van der Waals surface area contributed by atoms with E-state index in [2.05, 4.69) is 9.88 Å². The van der Waals surface area contributed by atoms with Crippen LogP contribution in [0.15, 0.2) is 28.3 Å². The molecule has 0 saturated carbocycles. The smallest absolute Gasteiger partial charge is 0.241 e. The summed E-state index contributed by atoms with van der Waals surface area (Å²) in [6.07, 6.45) is 0. The molecule has 0 aromatic heterocycles. The Kier molecular flexibility index (Phi) is 4.25. The van der Waals surface area contributed by atoms with Crippen LogP contribution >= 0.6 is 0 Å². The highest BCUT2D eigenvalue weighted by atomic mass is 32.2. The van der Waals surface area contributed by atoms with Crippen molar-refractivity contribution < 1.29 is 18.0 Å². The number of rotatable bonds is 4. The Morgan fingerprint density at radius 3 is 2.67 bits per heavy atom. The molecule has 0 aliphatic rings. The monoisotopic (exact) mass is 275 g/mol. The number of halogens is 1. The molecule has 1 rings (SSSR count). The molecule has 1 aromatic carbocycles. The summed E-state index contributed by atoms with van der Waals surface area (Å²) in [5, 5.41) is 11.2. The van der Waals surface area contributed by atoms with Crippen molar-refractivity contribution in [3.8, 4) is 0 Å². The van der Waals surface area contributed by atoms with Gasteiger partial charge < -0.3 is 10.9 Å². The summed E-state index contributed by atoms with van der Waals surface area (Å²) in [4.78, 5) is -0.0542. The average molecular weight is 275 g/mol. The second kappa shape index (κ2) is 5.32. The molecule has 0 amide bonds. The summed E-state index contributed by atoms with van der Waals surface area (Å²) in [5.41, 5.74) is 5.55. The van der Waals surface area contributed by atoms with Crippen molar-refractivity contribution in [3.63, 3.8) is 0 Å². The van der Waals surface area contributed by atoms with Gasteiger partial charge in [-0.2, -0.15) is 0 Å². The number of nitrogens with two attached hydrogens (primary N) is 1. The fourth-order valence-electron chi connectivity index (χ4n) is 1.36. The molecule has 0 aliphatic heterocycles. The van der Waals surface area contributed by atoms with Gasteiger partial charge >= 0.3 is 0 Å². The van der Waals surface area contributed by atoms with Crippen molar-refractivity contribution in [1.29, 1.82) is 0 Å². The predicted octanol–water partition coefficient (Wildman–Crippen LogP) is 0.547. The van der Waals surface area contributed by atoms with Gasteiger partial charge in [-0.3, -0.25) is 0 Å². The molecular formula is C10H14FN3O3S. The van der Waals surface area contributed by atoms with Crippen molar-refractivity contribution in [2.75, 3.05) is 0 Å². The van der Waals surface area contributed by atoms with Crippen LogP contribution in [0.2, 0.25) is 0 Å². The molecular weight excluding hydrogens is 261 g/mol. The Labute approximate surface area is 104 Å². The first-order valence-electron chi connectivity index (χ1n) is 5.04. The van der Waals surface area contributed by atoms with E-state index < -0.39 is 21.9 Å². The number of hydrogen-bond donors (Lipinski definition) is 3. The van der Waals surface area contributed by atoms with Crippen molar-refractivity contribution in [3.05, 3.63) is 29.6 Å². The summed E-state index contributed by atoms with van der Waals surface area (Å²) >= 11 is 0. The summed E-state index contributed by atoms with van der Waals surface area (Å²) in [7, 11) is -3.85. The van der Waals surface area contributed by atoms with Crippen LogP contribution in [0, 0.1) is 12.7 Å². The molecule has 0 aliphatic carbocycles. The van der Waals surface area contributed by atoms with E-state index in [1.165, 1.54) is 13.8 Å². The van der Waals surface area contributed by atoms with Crippen LogP contribution in [-0.2, 0) is 10.0 Å². The minimum absolute atomic E-state index is 0.0542. The van der Waals surface area contributed by atoms with Gasteiger partial charge in [-0.25, -0.2) is 17.5 Å². The highest BCUT2D eigenvalue weighted by Gasteiger charge is 2.21. The Balaban J connectivity index is 3.07. The first-order valence-corrected chi connectivity index (χ1v) is 6.52. The molecule has 6 nitrogen and oxygen atoms in total. The number of sulfonamides is 1. The minimum Gasteiger partial charge on any atom is -0.409 e. The zero-order valence-corrected chi connectivity index (χ0v) is 10.7. The highest BCUT2D eigenvalue weighted by Crippen LogP contribution is 2.16.